The van der Waals surface area contributed by atoms with Crippen molar-refractivity contribution in [2.24, 2.45) is 4.40 Å². The van der Waals surface area contributed by atoms with Crippen LogP contribution in [-0.4, -0.2) is 31.0 Å². The van der Waals surface area contributed by atoms with Crippen molar-refractivity contribution >= 4 is 31.4 Å². The number of amidine groups is 1. The smallest absolute Gasteiger partial charge is 0.387 e. The van der Waals surface area contributed by atoms with E-state index in [2.05, 4.69) is 13.9 Å². The van der Waals surface area contributed by atoms with Crippen LogP contribution in [0.1, 0.15) is 33.3 Å². The molecular weight excluding hydrogens is 346 g/mol. The fourth-order valence-corrected chi connectivity index (χ4v) is 5.19. The molecule has 23 heavy (non-hydrogen) atoms. The van der Waals surface area contributed by atoms with Gasteiger partial charge in [-0.2, -0.15) is 8.78 Å². The molecule has 0 saturated carbocycles. The number of ether oxygens (including phenoxy) is 1. The number of sulfonamides is 1. The summed E-state index contributed by atoms with van der Waals surface area (Å²) in [6, 6.07) is 4.01. The number of hydrogen-bond acceptors (Lipinski definition) is 4. The van der Waals surface area contributed by atoms with Gasteiger partial charge in [0.15, 0.2) is 5.84 Å². The van der Waals surface area contributed by atoms with Gasteiger partial charge in [-0.3, -0.25) is 4.72 Å². The number of nitrogens with zero attached hydrogens (tertiary/aromatic N) is 1. The Labute approximate surface area is 136 Å². The highest BCUT2D eigenvalue weighted by molar-refractivity contribution is 8.15. The minimum absolute atomic E-state index is 0.0504. The molecule has 1 aromatic rings. The predicted molar refractivity (Wildman–Crippen MR) is 89.0 cm³/mol. The fraction of sp³-hybridized carbons (Fsp3) is 0.429. The second-order valence-electron chi connectivity index (χ2n) is 5.32. The summed E-state index contributed by atoms with van der Waals surface area (Å²) in [5.74, 6) is -0.152. The maximum Gasteiger partial charge on any atom is 0.387 e. The normalized spacial score (nSPS) is 18.9. The lowest BCUT2D eigenvalue weighted by Gasteiger charge is -2.13. The molecule has 1 N–H and O–H groups in total. The van der Waals surface area contributed by atoms with Crippen LogP contribution in [0.3, 0.4) is 0 Å². The second-order valence-corrected chi connectivity index (χ2v) is 9.55. The molecule has 0 fully saturated rings. The van der Waals surface area contributed by atoms with E-state index in [-0.39, 0.29) is 27.3 Å². The molecule has 5 nitrogen and oxygen atoms in total. The Hall–Kier alpha value is -1.48. The summed E-state index contributed by atoms with van der Waals surface area (Å²) >= 11 is 0. The Bertz CT molecular complexity index is 783. The molecule has 1 atom stereocenters. The summed E-state index contributed by atoms with van der Waals surface area (Å²) in [7, 11) is -4.37. The lowest BCUT2D eigenvalue weighted by molar-refractivity contribution is -0.0500. The average Bonchev–Trinajstić information content (AvgIpc) is 2.67. The highest BCUT2D eigenvalue weighted by Gasteiger charge is 2.34. The zero-order chi connectivity index (χ0) is 17.4. The molecular formula is C14H18F2N2O3S2. The van der Waals surface area contributed by atoms with E-state index >= 15 is 0 Å². The molecule has 0 amide bonds. The zero-order valence-corrected chi connectivity index (χ0v) is 14.8. The Balaban J connectivity index is 2.68. The van der Waals surface area contributed by atoms with E-state index in [1.807, 2.05) is 27.7 Å². The van der Waals surface area contributed by atoms with Crippen LogP contribution in [0.4, 0.5) is 8.78 Å². The topological polar surface area (TPSA) is 67.8 Å². The van der Waals surface area contributed by atoms with E-state index in [0.717, 1.165) is 4.86 Å². The molecule has 1 unspecified atom stereocenters. The predicted octanol–water partition coefficient (Wildman–Crippen LogP) is 3.13. The number of rotatable bonds is 4. The first kappa shape index (κ1) is 17.9. The van der Waals surface area contributed by atoms with Gasteiger partial charge in [0.05, 0.1) is 5.56 Å². The number of alkyl halides is 2. The third-order valence-corrected chi connectivity index (χ3v) is 6.51. The van der Waals surface area contributed by atoms with E-state index in [1.54, 1.807) is 0 Å². The molecule has 9 heteroatoms. The van der Waals surface area contributed by atoms with Crippen molar-refractivity contribution < 1.29 is 21.9 Å². The maximum absolute atomic E-state index is 12.6. The molecule has 0 aromatic heterocycles. The van der Waals surface area contributed by atoms with Crippen LogP contribution in [0.2, 0.25) is 0 Å². The maximum atomic E-state index is 12.6. The Morgan fingerprint density at radius 1 is 1.30 bits per heavy atom. The quantitative estimate of drug-likeness (QED) is 0.835. The summed E-state index contributed by atoms with van der Waals surface area (Å²) in [6.07, 6.45) is 0. The molecule has 0 bridgehead atoms. The fourth-order valence-electron chi connectivity index (χ4n) is 2.23. The summed E-state index contributed by atoms with van der Waals surface area (Å²) in [4.78, 5) is 0.919. The van der Waals surface area contributed by atoms with Crippen molar-refractivity contribution in [1.82, 2.24) is 4.72 Å². The first-order chi connectivity index (χ1) is 10.6. The third kappa shape index (κ3) is 3.72. The van der Waals surface area contributed by atoms with Crippen molar-refractivity contribution in [3.63, 3.8) is 0 Å². The van der Waals surface area contributed by atoms with E-state index < -0.39 is 27.3 Å². The minimum atomic E-state index is -3.82. The van der Waals surface area contributed by atoms with Crippen molar-refractivity contribution in [2.75, 3.05) is 0 Å². The number of halogens is 2. The van der Waals surface area contributed by atoms with Gasteiger partial charge in [-0.05, 0) is 30.8 Å². The molecule has 0 aliphatic carbocycles. The minimum Gasteiger partial charge on any atom is -0.434 e. The van der Waals surface area contributed by atoms with E-state index in [4.69, 9.17) is 0 Å². The molecule has 1 aliphatic heterocycles. The number of nitrogens with one attached hydrogen (secondary N) is 1. The molecule has 1 heterocycles. The second kappa shape index (κ2) is 6.56. The van der Waals surface area contributed by atoms with Gasteiger partial charge in [-0.25, -0.2) is 12.8 Å². The van der Waals surface area contributed by atoms with E-state index in [1.165, 1.54) is 18.2 Å². The van der Waals surface area contributed by atoms with Crippen LogP contribution in [0, 0.1) is 0 Å². The summed E-state index contributed by atoms with van der Waals surface area (Å²) in [5, 5.41) is 0.157. The highest BCUT2D eigenvalue weighted by Crippen LogP contribution is 2.34. The SMILES string of the molecule is CC(C)=S(N=C1NS(=O)(=O)c2cccc(OC(F)F)c21)C(C)C. The third-order valence-electron chi connectivity index (χ3n) is 3.02. The molecule has 1 aromatic carbocycles. The molecule has 0 radical (unpaired) electrons. The Morgan fingerprint density at radius 3 is 2.48 bits per heavy atom. The molecule has 1 aliphatic rings. The van der Waals surface area contributed by atoms with Gasteiger partial charge in [0.25, 0.3) is 10.0 Å². The average molecular weight is 364 g/mol. The first-order valence-electron chi connectivity index (χ1n) is 6.86. The van der Waals surface area contributed by atoms with Crippen molar-refractivity contribution in [2.45, 2.75) is 44.5 Å². The largest absolute Gasteiger partial charge is 0.434 e. The molecule has 2 rings (SSSR count). The number of fused-ring (bicyclic) bond motifs is 1. The molecule has 128 valence electrons. The van der Waals surface area contributed by atoms with E-state index in [0.29, 0.717) is 0 Å². The van der Waals surface area contributed by atoms with Gasteiger partial charge in [-0.1, -0.05) is 30.6 Å². The highest BCUT2D eigenvalue weighted by atomic mass is 32.2. The van der Waals surface area contributed by atoms with Crippen LogP contribution in [0.5, 0.6) is 5.75 Å². The van der Waals surface area contributed by atoms with Crippen LogP contribution < -0.4 is 9.46 Å². The van der Waals surface area contributed by atoms with Crippen molar-refractivity contribution in [1.29, 1.82) is 0 Å². The van der Waals surface area contributed by atoms with Crippen LogP contribution >= 0.6 is 10.7 Å². The number of hydrogen-bond donors (Lipinski definition) is 1. The molecule has 0 saturated heterocycles. The van der Waals surface area contributed by atoms with Gasteiger partial charge in [0.1, 0.15) is 10.6 Å². The first-order valence-corrected chi connectivity index (χ1v) is 9.59. The van der Waals surface area contributed by atoms with Crippen LogP contribution in [-0.2, 0) is 10.0 Å². The Kier molecular flexibility index (Phi) is 5.10. The number of benzene rings is 1. The van der Waals surface area contributed by atoms with Gasteiger partial charge in [0, 0.05) is 5.25 Å². The van der Waals surface area contributed by atoms with Crippen molar-refractivity contribution in [3.05, 3.63) is 23.8 Å². The van der Waals surface area contributed by atoms with E-state index in [9.17, 15) is 17.2 Å². The monoisotopic (exact) mass is 364 g/mol. The van der Waals surface area contributed by atoms with Gasteiger partial charge in [-0.15, -0.1) is 0 Å². The summed E-state index contributed by atoms with van der Waals surface area (Å²) < 4.78 is 60.8. The van der Waals surface area contributed by atoms with Gasteiger partial charge < -0.3 is 4.74 Å². The summed E-state index contributed by atoms with van der Waals surface area (Å²) in [5.41, 5.74) is 0.0622. The zero-order valence-electron chi connectivity index (χ0n) is 13.1. The van der Waals surface area contributed by atoms with Gasteiger partial charge >= 0.3 is 6.61 Å². The van der Waals surface area contributed by atoms with Gasteiger partial charge in [0.2, 0.25) is 0 Å². The standard InChI is InChI=1S/C14H18F2N2O3S2/c1-8(2)22(9(3)4)17-13-12-10(21-14(15)16)6-5-7-11(12)23(19,20)18-13/h5-8,14H,1-4H3,(H,17,18). The lowest BCUT2D eigenvalue weighted by Crippen LogP contribution is -2.22. The lowest BCUT2D eigenvalue weighted by atomic mass is 10.2. The van der Waals surface area contributed by atoms with Crippen LogP contribution in [0.15, 0.2) is 27.5 Å². The van der Waals surface area contributed by atoms with Crippen molar-refractivity contribution in [3.8, 4) is 5.75 Å². The Morgan fingerprint density at radius 2 is 1.96 bits per heavy atom. The van der Waals surface area contributed by atoms with Crippen LogP contribution in [0.25, 0.3) is 0 Å². The molecule has 0 spiro atoms. The summed E-state index contributed by atoms with van der Waals surface area (Å²) in [6.45, 7) is 4.69.